The molecule has 30 heavy (non-hydrogen) atoms. The van der Waals surface area contributed by atoms with E-state index in [0.29, 0.717) is 10.8 Å². The summed E-state index contributed by atoms with van der Waals surface area (Å²) in [5.74, 6) is -1.10. The molecule has 7 nitrogen and oxygen atoms in total. The molecule has 0 radical (unpaired) electrons. The van der Waals surface area contributed by atoms with Crippen LogP contribution in [0.2, 0.25) is 0 Å². The Bertz CT molecular complexity index is 1180. The van der Waals surface area contributed by atoms with Gasteiger partial charge in [0.2, 0.25) is 0 Å². The van der Waals surface area contributed by atoms with Crippen molar-refractivity contribution in [1.82, 2.24) is 15.1 Å². The van der Waals surface area contributed by atoms with Gasteiger partial charge in [-0.05, 0) is 43.4 Å². The van der Waals surface area contributed by atoms with Crippen LogP contribution in [0.1, 0.15) is 47.4 Å². The summed E-state index contributed by atoms with van der Waals surface area (Å²) in [6, 6.07) is 14.7. The van der Waals surface area contributed by atoms with Crippen LogP contribution in [0.15, 0.2) is 53.3 Å². The number of fused-ring (bicyclic) bond motifs is 2. The number of hydrogen-bond donors (Lipinski definition) is 1. The van der Waals surface area contributed by atoms with Crippen LogP contribution in [-0.4, -0.2) is 27.8 Å². The molecule has 2 unspecified atom stereocenters. The molecule has 1 aliphatic rings. The molecule has 0 aliphatic heterocycles. The van der Waals surface area contributed by atoms with E-state index in [9.17, 15) is 14.4 Å². The van der Waals surface area contributed by atoms with E-state index in [2.05, 4.69) is 16.5 Å². The van der Waals surface area contributed by atoms with Gasteiger partial charge in [-0.1, -0.05) is 42.5 Å². The second-order valence-electron chi connectivity index (χ2n) is 7.52. The van der Waals surface area contributed by atoms with Crippen molar-refractivity contribution in [3.05, 3.63) is 75.7 Å². The molecular formula is C23H23N3O4. The lowest BCUT2D eigenvalue weighted by Crippen LogP contribution is -2.39. The van der Waals surface area contributed by atoms with Crippen molar-refractivity contribution < 1.29 is 14.3 Å². The number of hydrogen-bond acceptors (Lipinski definition) is 5. The molecule has 7 heteroatoms. The molecule has 0 saturated heterocycles. The summed E-state index contributed by atoms with van der Waals surface area (Å²) < 4.78 is 6.50. The van der Waals surface area contributed by atoms with Gasteiger partial charge in [0, 0.05) is 12.4 Å². The predicted molar refractivity (Wildman–Crippen MR) is 112 cm³/mol. The number of aromatic nitrogens is 2. The van der Waals surface area contributed by atoms with Gasteiger partial charge in [-0.2, -0.15) is 5.10 Å². The van der Waals surface area contributed by atoms with Crippen molar-refractivity contribution in [3.63, 3.8) is 0 Å². The molecule has 1 heterocycles. The minimum absolute atomic E-state index is 0.00959. The number of carbonyl (C=O) groups is 2. The number of nitrogens with one attached hydrogen (secondary N) is 1. The number of rotatable bonds is 4. The first kappa shape index (κ1) is 19.8. The Balaban J connectivity index is 1.51. The molecule has 4 rings (SSSR count). The number of benzene rings is 2. The Hall–Kier alpha value is -3.48. The van der Waals surface area contributed by atoms with Crippen molar-refractivity contribution in [2.45, 2.75) is 38.3 Å². The van der Waals surface area contributed by atoms with Crippen molar-refractivity contribution in [2.75, 3.05) is 0 Å². The summed E-state index contributed by atoms with van der Waals surface area (Å²) >= 11 is 0. The van der Waals surface area contributed by atoms with Gasteiger partial charge in [-0.25, -0.2) is 9.48 Å². The van der Waals surface area contributed by atoms with Gasteiger partial charge in [0.25, 0.3) is 11.5 Å². The number of carbonyl (C=O) groups excluding carboxylic acids is 2. The molecule has 154 valence electrons. The Morgan fingerprint density at radius 2 is 1.83 bits per heavy atom. The SMILES string of the molecule is CC(OC(=O)c1nn(C)c(=O)c2ccccc12)C(=O)NC1CCCc2ccccc21. The lowest BCUT2D eigenvalue weighted by Gasteiger charge is -2.27. The molecular weight excluding hydrogens is 382 g/mol. The van der Waals surface area contributed by atoms with Crippen molar-refractivity contribution in [3.8, 4) is 0 Å². The molecule has 1 aromatic heterocycles. The van der Waals surface area contributed by atoms with Crippen LogP contribution < -0.4 is 10.9 Å². The standard InChI is InChI=1S/C23H23N3O4/c1-14(21(27)24-19-13-7-9-15-8-3-4-10-16(15)19)30-23(29)20-17-11-5-6-12-18(17)22(28)26(2)25-20/h3-6,8,10-12,14,19H,7,9,13H2,1-2H3,(H,24,27). The van der Waals surface area contributed by atoms with E-state index in [1.165, 1.54) is 19.5 Å². The summed E-state index contributed by atoms with van der Waals surface area (Å²) in [6.07, 6.45) is 1.84. The van der Waals surface area contributed by atoms with E-state index < -0.39 is 12.1 Å². The predicted octanol–water partition coefficient (Wildman–Crippen LogP) is 2.67. The molecule has 1 amide bonds. The molecule has 2 aromatic carbocycles. The van der Waals surface area contributed by atoms with Crippen LogP contribution in [0.3, 0.4) is 0 Å². The summed E-state index contributed by atoms with van der Waals surface area (Å²) in [5, 5.41) is 7.83. The zero-order valence-corrected chi connectivity index (χ0v) is 16.9. The lowest BCUT2D eigenvalue weighted by atomic mass is 9.87. The quantitative estimate of drug-likeness (QED) is 0.674. The maximum Gasteiger partial charge on any atom is 0.360 e. The second-order valence-corrected chi connectivity index (χ2v) is 7.52. The van der Waals surface area contributed by atoms with Crippen LogP contribution in [0, 0.1) is 0 Å². The Kier molecular flexibility index (Phi) is 5.35. The number of aryl methyl sites for hydroxylation is 2. The smallest absolute Gasteiger partial charge is 0.360 e. The van der Waals surface area contributed by atoms with E-state index >= 15 is 0 Å². The third kappa shape index (κ3) is 3.70. The van der Waals surface area contributed by atoms with Crippen LogP contribution >= 0.6 is 0 Å². The van der Waals surface area contributed by atoms with Crippen LogP contribution in [0.25, 0.3) is 10.8 Å². The zero-order valence-electron chi connectivity index (χ0n) is 16.9. The summed E-state index contributed by atoms with van der Waals surface area (Å²) in [6.45, 7) is 1.53. The number of nitrogens with zero attached hydrogens (tertiary/aromatic N) is 2. The summed E-state index contributed by atoms with van der Waals surface area (Å²) in [4.78, 5) is 37.7. The molecule has 1 N–H and O–H groups in total. The largest absolute Gasteiger partial charge is 0.448 e. The highest BCUT2D eigenvalue weighted by molar-refractivity contribution is 6.02. The molecule has 0 spiro atoms. The number of esters is 1. The minimum Gasteiger partial charge on any atom is -0.448 e. The number of amides is 1. The van der Waals surface area contributed by atoms with E-state index in [-0.39, 0.29) is 23.2 Å². The van der Waals surface area contributed by atoms with E-state index in [1.54, 1.807) is 24.3 Å². The van der Waals surface area contributed by atoms with Gasteiger partial charge in [-0.15, -0.1) is 0 Å². The molecule has 0 bridgehead atoms. The van der Waals surface area contributed by atoms with Crippen LogP contribution in [0.5, 0.6) is 0 Å². The van der Waals surface area contributed by atoms with Gasteiger partial charge in [0.1, 0.15) is 0 Å². The Morgan fingerprint density at radius 3 is 2.63 bits per heavy atom. The molecule has 3 aromatic rings. The Labute approximate surface area is 173 Å². The van der Waals surface area contributed by atoms with Crippen LogP contribution in [0.4, 0.5) is 0 Å². The topological polar surface area (TPSA) is 90.3 Å². The average molecular weight is 405 g/mol. The fourth-order valence-electron chi connectivity index (χ4n) is 3.91. The van der Waals surface area contributed by atoms with Gasteiger partial charge in [0.15, 0.2) is 11.8 Å². The number of ether oxygens (including phenoxy) is 1. The maximum absolute atomic E-state index is 12.7. The van der Waals surface area contributed by atoms with E-state index in [0.717, 1.165) is 29.5 Å². The normalized spacial score (nSPS) is 16.5. The molecule has 2 atom stereocenters. The van der Waals surface area contributed by atoms with Gasteiger partial charge < -0.3 is 10.1 Å². The lowest BCUT2D eigenvalue weighted by molar-refractivity contribution is -0.130. The highest BCUT2D eigenvalue weighted by Crippen LogP contribution is 2.29. The third-order valence-electron chi connectivity index (χ3n) is 5.49. The minimum atomic E-state index is -0.996. The highest BCUT2D eigenvalue weighted by atomic mass is 16.5. The first-order valence-electron chi connectivity index (χ1n) is 10.0. The summed E-state index contributed by atoms with van der Waals surface area (Å²) in [7, 11) is 1.47. The first-order chi connectivity index (χ1) is 14.5. The van der Waals surface area contributed by atoms with E-state index in [1.807, 2.05) is 18.2 Å². The molecule has 1 aliphatic carbocycles. The monoisotopic (exact) mass is 405 g/mol. The van der Waals surface area contributed by atoms with Crippen molar-refractivity contribution in [1.29, 1.82) is 0 Å². The maximum atomic E-state index is 12.7. The summed E-state index contributed by atoms with van der Waals surface area (Å²) in [5.41, 5.74) is 2.06. The Morgan fingerprint density at radius 1 is 1.13 bits per heavy atom. The fourth-order valence-corrected chi connectivity index (χ4v) is 3.91. The van der Waals surface area contributed by atoms with Gasteiger partial charge >= 0.3 is 5.97 Å². The van der Waals surface area contributed by atoms with Crippen LogP contribution in [-0.2, 0) is 23.0 Å². The van der Waals surface area contributed by atoms with E-state index in [4.69, 9.17) is 4.74 Å². The molecule has 0 fully saturated rings. The highest BCUT2D eigenvalue weighted by Gasteiger charge is 2.27. The van der Waals surface area contributed by atoms with Gasteiger partial charge in [-0.3, -0.25) is 9.59 Å². The second kappa shape index (κ2) is 8.10. The third-order valence-corrected chi connectivity index (χ3v) is 5.49. The average Bonchev–Trinajstić information content (AvgIpc) is 2.76. The first-order valence-corrected chi connectivity index (χ1v) is 10.0. The van der Waals surface area contributed by atoms with Crippen molar-refractivity contribution in [2.24, 2.45) is 7.05 Å². The molecule has 0 saturated carbocycles. The fraction of sp³-hybridized carbons (Fsp3) is 0.304. The van der Waals surface area contributed by atoms with Crippen molar-refractivity contribution >= 4 is 22.6 Å². The van der Waals surface area contributed by atoms with Gasteiger partial charge in [0.05, 0.1) is 11.4 Å². The zero-order chi connectivity index (χ0) is 21.3.